The van der Waals surface area contributed by atoms with Gasteiger partial charge in [-0.25, -0.2) is 19.4 Å². The summed E-state index contributed by atoms with van der Waals surface area (Å²) in [6, 6.07) is 64.7. The van der Waals surface area contributed by atoms with Gasteiger partial charge in [-0.05, 0) is 86.6 Å². The summed E-state index contributed by atoms with van der Waals surface area (Å²) in [4.78, 5) is 43.2. The Hall–Kier alpha value is -8.09. The molecule has 0 N–H and O–H groups in total. The first-order valence-electron chi connectivity index (χ1n) is 19.5. The van der Waals surface area contributed by atoms with Crippen LogP contribution in [0, 0.1) is 0 Å². The van der Waals surface area contributed by atoms with E-state index in [1.807, 2.05) is 109 Å². The summed E-state index contributed by atoms with van der Waals surface area (Å²) in [5, 5.41) is 4.28. The number of nitrogens with zero attached hydrogens (tertiary/aromatic N) is 4. The molecule has 11 aromatic rings. The number of hydrogen-bond donors (Lipinski definition) is 0. The van der Waals surface area contributed by atoms with Crippen molar-refractivity contribution in [2.75, 3.05) is 0 Å². The quantitative estimate of drug-likeness (QED) is 0.125. The van der Waals surface area contributed by atoms with Gasteiger partial charge in [-0.2, -0.15) is 0 Å². The third kappa shape index (κ3) is 5.85. The fraction of sp³-hybridized carbons (Fsp3) is 0. The summed E-state index contributed by atoms with van der Waals surface area (Å²) in [6.07, 6.45) is 0. The third-order valence-corrected chi connectivity index (χ3v) is 11.2. The Morgan fingerprint density at radius 2 is 0.593 bits per heavy atom. The molecule has 0 fully saturated rings. The zero-order valence-electron chi connectivity index (χ0n) is 31.6. The number of pyridine rings is 2. The van der Waals surface area contributed by atoms with Crippen molar-refractivity contribution >= 4 is 37.8 Å². The van der Waals surface area contributed by atoms with Gasteiger partial charge >= 0.3 is 0 Å². The second-order valence-corrected chi connectivity index (χ2v) is 14.7. The van der Waals surface area contributed by atoms with E-state index in [-0.39, 0.29) is 11.1 Å². The van der Waals surface area contributed by atoms with Crippen LogP contribution in [0.1, 0.15) is 0 Å². The molecule has 6 heteroatoms. The van der Waals surface area contributed by atoms with E-state index >= 15 is 0 Å². The summed E-state index contributed by atoms with van der Waals surface area (Å²) < 4.78 is 1.35. The smallest absolute Gasteiger partial charge is 0.266 e. The maximum Gasteiger partial charge on any atom is 0.266 e. The van der Waals surface area contributed by atoms with Crippen molar-refractivity contribution < 1.29 is 0 Å². The Balaban J connectivity index is 1.12. The molecular formula is C53H32N4O2. The van der Waals surface area contributed by atoms with E-state index in [2.05, 4.69) is 72.8 Å². The number of rotatable bonds is 6. The molecule has 0 bridgehead atoms. The lowest BCUT2D eigenvalue weighted by Crippen LogP contribution is -2.27. The van der Waals surface area contributed by atoms with Crippen LogP contribution in [0.15, 0.2) is 204 Å². The van der Waals surface area contributed by atoms with E-state index in [1.54, 1.807) is 12.1 Å². The van der Waals surface area contributed by atoms with E-state index in [9.17, 15) is 9.59 Å². The van der Waals surface area contributed by atoms with E-state index in [1.165, 1.54) is 4.40 Å². The molecule has 276 valence electrons. The SMILES string of the molecule is O=c1c2ccccc2c2cc(-c3cccc(-c4nc(-c5cccc(-c6ccccc6)c5)nc(-c5cccc(-c6ccccc6)c5)n4)c3)cc3c4ccccc4c(=O)n1c23. The topological polar surface area (TPSA) is 77.2 Å². The molecule has 6 nitrogen and oxygen atoms in total. The summed E-state index contributed by atoms with van der Waals surface area (Å²) in [5.74, 6) is 1.68. The van der Waals surface area contributed by atoms with Crippen LogP contribution < -0.4 is 11.1 Å². The molecule has 0 radical (unpaired) electrons. The van der Waals surface area contributed by atoms with Gasteiger partial charge in [0.15, 0.2) is 17.5 Å². The molecule has 0 amide bonds. The van der Waals surface area contributed by atoms with Gasteiger partial charge in [-0.1, -0.05) is 152 Å². The van der Waals surface area contributed by atoms with Crippen LogP contribution in [0.2, 0.25) is 0 Å². The highest BCUT2D eigenvalue weighted by molar-refractivity contribution is 6.19. The molecule has 0 unspecified atom stereocenters. The average Bonchev–Trinajstić information content (AvgIpc) is 3.32. The highest BCUT2D eigenvalue weighted by atomic mass is 16.2. The lowest BCUT2D eigenvalue weighted by atomic mass is 9.94. The van der Waals surface area contributed by atoms with Crippen molar-refractivity contribution in [3.8, 4) is 67.5 Å². The Kier molecular flexibility index (Phi) is 8.01. The van der Waals surface area contributed by atoms with Crippen LogP contribution in [0.5, 0.6) is 0 Å². The number of hydrogen-bond acceptors (Lipinski definition) is 5. The minimum absolute atomic E-state index is 0.311. The largest absolute Gasteiger partial charge is 0.268 e. The van der Waals surface area contributed by atoms with E-state index < -0.39 is 0 Å². The highest BCUT2D eigenvalue weighted by Crippen LogP contribution is 2.37. The number of fused-ring (bicyclic) bond motifs is 4. The van der Waals surface area contributed by atoms with E-state index in [4.69, 9.17) is 15.0 Å². The van der Waals surface area contributed by atoms with Crippen LogP contribution in [-0.2, 0) is 0 Å². The van der Waals surface area contributed by atoms with Crippen LogP contribution in [0.4, 0.5) is 0 Å². The van der Waals surface area contributed by atoms with Gasteiger partial charge in [0.2, 0.25) is 0 Å². The zero-order chi connectivity index (χ0) is 39.5. The van der Waals surface area contributed by atoms with Crippen molar-refractivity contribution in [3.05, 3.63) is 215 Å². The predicted octanol–water partition coefficient (Wildman–Crippen LogP) is 11.7. The van der Waals surface area contributed by atoms with Crippen LogP contribution >= 0.6 is 0 Å². The van der Waals surface area contributed by atoms with Crippen LogP contribution in [-0.4, -0.2) is 19.4 Å². The van der Waals surface area contributed by atoms with Gasteiger partial charge in [0.1, 0.15) is 0 Å². The molecule has 3 heterocycles. The van der Waals surface area contributed by atoms with Gasteiger partial charge in [0.25, 0.3) is 11.1 Å². The monoisotopic (exact) mass is 756 g/mol. The second kappa shape index (κ2) is 13.8. The number of benzene rings is 8. The lowest BCUT2D eigenvalue weighted by Gasteiger charge is -2.15. The standard InChI is InChI=1S/C53H32N4O2/c58-52-44-26-9-7-24-42(44)46-31-41(32-47-43-25-8-10-27-45(43)53(59)57(52)48(46)47)37-20-13-23-40(30-37)51-55-49(38-21-11-18-35(28-38)33-14-3-1-4-15-33)54-50(56-51)39-22-12-19-36(29-39)34-16-5-2-6-17-34/h1-32H. The summed E-state index contributed by atoms with van der Waals surface area (Å²) in [6.45, 7) is 0. The minimum atomic E-state index is -0.311. The second-order valence-electron chi connectivity index (χ2n) is 14.7. The normalized spacial score (nSPS) is 11.5. The summed E-state index contributed by atoms with van der Waals surface area (Å²) in [7, 11) is 0. The zero-order valence-corrected chi connectivity index (χ0v) is 31.6. The molecule has 11 rings (SSSR count). The molecule has 8 aromatic carbocycles. The molecule has 0 atom stereocenters. The Bertz CT molecular complexity index is 3340. The van der Waals surface area contributed by atoms with Crippen molar-refractivity contribution in [1.82, 2.24) is 19.4 Å². The van der Waals surface area contributed by atoms with Crippen molar-refractivity contribution in [3.63, 3.8) is 0 Å². The van der Waals surface area contributed by atoms with Crippen molar-refractivity contribution in [2.24, 2.45) is 0 Å². The molecule has 0 aliphatic rings. The number of aromatic nitrogens is 4. The molecule has 3 aromatic heterocycles. The highest BCUT2D eigenvalue weighted by Gasteiger charge is 2.19. The Morgan fingerprint density at radius 3 is 1.00 bits per heavy atom. The maximum absolute atomic E-state index is 13.9. The fourth-order valence-corrected chi connectivity index (χ4v) is 8.34. The maximum atomic E-state index is 13.9. The first-order chi connectivity index (χ1) is 29.1. The first-order valence-corrected chi connectivity index (χ1v) is 19.5. The van der Waals surface area contributed by atoms with Crippen LogP contribution in [0.25, 0.3) is 105 Å². The average molecular weight is 757 g/mol. The molecule has 0 aliphatic carbocycles. The fourth-order valence-electron chi connectivity index (χ4n) is 8.34. The predicted molar refractivity (Wildman–Crippen MR) is 240 cm³/mol. The van der Waals surface area contributed by atoms with Crippen LogP contribution in [0.3, 0.4) is 0 Å². The van der Waals surface area contributed by atoms with E-state index in [0.29, 0.717) is 33.8 Å². The summed E-state index contributed by atoms with van der Waals surface area (Å²) in [5.41, 5.74) is 8.83. The molecule has 0 aliphatic heterocycles. The Labute approximate surface area is 338 Å². The molecule has 59 heavy (non-hydrogen) atoms. The van der Waals surface area contributed by atoms with Crippen molar-refractivity contribution in [2.45, 2.75) is 0 Å². The van der Waals surface area contributed by atoms with Gasteiger partial charge in [0, 0.05) is 38.2 Å². The third-order valence-electron chi connectivity index (χ3n) is 11.2. The van der Waals surface area contributed by atoms with Gasteiger partial charge in [0.05, 0.1) is 5.52 Å². The Morgan fingerprint density at radius 1 is 0.271 bits per heavy atom. The molecule has 0 spiro atoms. The molecule has 0 saturated carbocycles. The first kappa shape index (κ1) is 34.2. The summed E-state index contributed by atoms with van der Waals surface area (Å²) >= 11 is 0. The molecule has 0 saturated heterocycles. The van der Waals surface area contributed by atoms with Crippen molar-refractivity contribution in [1.29, 1.82) is 0 Å². The lowest BCUT2D eigenvalue weighted by molar-refractivity contribution is 1.07. The van der Waals surface area contributed by atoms with Gasteiger partial charge in [-0.15, -0.1) is 0 Å². The van der Waals surface area contributed by atoms with Gasteiger partial charge in [-0.3, -0.25) is 9.59 Å². The molecular weight excluding hydrogens is 725 g/mol. The van der Waals surface area contributed by atoms with Gasteiger partial charge < -0.3 is 0 Å². The minimum Gasteiger partial charge on any atom is -0.268 e. The van der Waals surface area contributed by atoms with E-state index in [0.717, 1.165) is 71.6 Å².